The highest BCUT2D eigenvalue weighted by atomic mass is 35.5. The molecular formula is C15H20ClNO. The topological polar surface area (TPSA) is 12.5 Å². The zero-order valence-electron chi connectivity index (χ0n) is 10.8. The zero-order valence-corrected chi connectivity index (χ0v) is 11.6. The predicted molar refractivity (Wildman–Crippen MR) is 78.4 cm³/mol. The lowest BCUT2D eigenvalue weighted by Crippen LogP contribution is -2.27. The van der Waals surface area contributed by atoms with Gasteiger partial charge in [0.2, 0.25) is 0 Å². The maximum Gasteiger partial charge on any atom is 0.119 e. The molecule has 0 fully saturated rings. The van der Waals surface area contributed by atoms with Crippen LogP contribution in [0.5, 0.6) is 5.75 Å². The molecule has 0 saturated heterocycles. The fourth-order valence-corrected chi connectivity index (χ4v) is 2.09. The third-order valence-corrected chi connectivity index (χ3v) is 3.04. The molecule has 0 amide bonds. The lowest BCUT2D eigenvalue weighted by atomic mass is 10.1. The normalized spacial score (nSPS) is 12.2. The van der Waals surface area contributed by atoms with Crippen LogP contribution in [-0.4, -0.2) is 31.6 Å². The number of alkyl halides is 1. The Morgan fingerprint density at radius 3 is 2.56 bits per heavy atom. The molecular weight excluding hydrogens is 246 g/mol. The summed E-state index contributed by atoms with van der Waals surface area (Å²) in [4.78, 5) is 2.19. The fourth-order valence-electron chi connectivity index (χ4n) is 1.76. The van der Waals surface area contributed by atoms with E-state index in [-0.39, 0.29) is 5.38 Å². The minimum Gasteiger partial charge on any atom is -0.497 e. The van der Waals surface area contributed by atoms with Crippen molar-refractivity contribution in [3.05, 3.63) is 55.1 Å². The first-order valence-electron chi connectivity index (χ1n) is 5.93. The molecule has 2 nitrogen and oxygen atoms in total. The second-order valence-electron chi connectivity index (χ2n) is 4.04. The average molecular weight is 266 g/mol. The summed E-state index contributed by atoms with van der Waals surface area (Å²) in [6, 6.07) is 7.85. The number of ether oxygens (including phenoxy) is 1. The van der Waals surface area contributed by atoms with Crippen LogP contribution in [0.2, 0.25) is 0 Å². The van der Waals surface area contributed by atoms with Crippen molar-refractivity contribution in [3.8, 4) is 5.75 Å². The van der Waals surface area contributed by atoms with Crippen LogP contribution < -0.4 is 4.74 Å². The Labute approximate surface area is 115 Å². The highest BCUT2D eigenvalue weighted by Gasteiger charge is 2.12. The number of hydrogen-bond donors (Lipinski definition) is 0. The summed E-state index contributed by atoms with van der Waals surface area (Å²) < 4.78 is 5.20. The molecule has 0 spiro atoms. The van der Waals surface area contributed by atoms with Gasteiger partial charge in [-0.15, -0.1) is 24.8 Å². The zero-order chi connectivity index (χ0) is 13.4. The van der Waals surface area contributed by atoms with Gasteiger partial charge in [0.15, 0.2) is 0 Å². The van der Waals surface area contributed by atoms with Crippen LogP contribution in [0.25, 0.3) is 0 Å². The van der Waals surface area contributed by atoms with Gasteiger partial charge >= 0.3 is 0 Å². The van der Waals surface area contributed by atoms with Crippen LogP contribution in [0.3, 0.4) is 0 Å². The SMILES string of the molecule is C=CCN(CC=C)CC(Cl)c1cccc(OC)c1. The van der Waals surface area contributed by atoms with Crippen molar-refractivity contribution >= 4 is 11.6 Å². The molecule has 0 heterocycles. The van der Waals surface area contributed by atoms with Crippen LogP contribution >= 0.6 is 11.6 Å². The van der Waals surface area contributed by atoms with Gasteiger partial charge in [0.1, 0.15) is 5.75 Å². The summed E-state index contributed by atoms with van der Waals surface area (Å²) >= 11 is 6.44. The largest absolute Gasteiger partial charge is 0.497 e. The van der Waals surface area contributed by atoms with Gasteiger partial charge in [-0.3, -0.25) is 4.90 Å². The maximum absolute atomic E-state index is 6.44. The highest BCUT2D eigenvalue weighted by Crippen LogP contribution is 2.25. The van der Waals surface area contributed by atoms with Gasteiger partial charge in [-0.25, -0.2) is 0 Å². The number of rotatable bonds is 8. The van der Waals surface area contributed by atoms with Gasteiger partial charge in [-0.1, -0.05) is 24.3 Å². The van der Waals surface area contributed by atoms with Gasteiger partial charge in [0, 0.05) is 19.6 Å². The first-order valence-corrected chi connectivity index (χ1v) is 6.37. The average Bonchev–Trinajstić information content (AvgIpc) is 2.39. The van der Waals surface area contributed by atoms with E-state index in [1.807, 2.05) is 36.4 Å². The Bertz CT molecular complexity index is 382. The molecule has 0 bridgehead atoms. The summed E-state index contributed by atoms with van der Waals surface area (Å²) in [5.74, 6) is 0.831. The molecule has 98 valence electrons. The van der Waals surface area contributed by atoms with Gasteiger partial charge in [0.05, 0.1) is 12.5 Å². The monoisotopic (exact) mass is 265 g/mol. The molecule has 1 aromatic rings. The Morgan fingerprint density at radius 1 is 1.33 bits per heavy atom. The summed E-state index contributed by atoms with van der Waals surface area (Å²) in [7, 11) is 1.66. The van der Waals surface area contributed by atoms with Gasteiger partial charge in [-0.05, 0) is 17.7 Å². The quantitative estimate of drug-likeness (QED) is 0.526. The smallest absolute Gasteiger partial charge is 0.119 e. The number of benzene rings is 1. The Hall–Kier alpha value is -1.25. The van der Waals surface area contributed by atoms with E-state index in [1.165, 1.54) is 0 Å². The molecule has 1 rings (SSSR count). The van der Waals surface area contributed by atoms with Crippen molar-refractivity contribution in [1.82, 2.24) is 4.90 Å². The van der Waals surface area contributed by atoms with E-state index >= 15 is 0 Å². The Balaban J connectivity index is 2.69. The van der Waals surface area contributed by atoms with E-state index in [9.17, 15) is 0 Å². The van der Waals surface area contributed by atoms with Crippen molar-refractivity contribution < 1.29 is 4.74 Å². The van der Waals surface area contributed by atoms with Crippen LogP contribution in [0.1, 0.15) is 10.9 Å². The van der Waals surface area contributed by atoms with Gasteiger partial charge in [0.25, 0.3) is 0 Å². The molecule has 1 aromatic carbocycles. The van der Waals surface area contributed by atoms with E-state index in [0.717, 1.165) is 30.9 Å². The van der Waals surface area contributed by atoms with E-state index in [2.05, 4.69) is 18.1 Å². The predicted octanol–water partition coefficient (Wildman–Crippen LogP) is 3.65. The van der Waals surface area contributed by atoms with Crippen molar-refractivity contribution in [3.63, 3.8) is 0 Å². The molecule has 0 N–H and O–H groups in total. The molecule has 18 heavy (non-hydrogen) atoms. The van der Waals surface area contributed by atoms with Crippen molar-refractivity contribution in [1.29, 1.82) is 0 Å². The third kappa shape index (κ3) is 4.55. The second kappa shape index (κ2) is 7.96. The van der Waals surface area contributed by atoms with Crippen molar-refractivity contribution in [2.75, 3.05) is 26.7 Å². The molecule has 1 unspecified atom stereocenters. The lowest BCUT2D eigenvalue weighted by Gasteiger charge is -2.22. The van der Waals surface area contributed by atoms with Crippen LogP contribution in [0, 0.1) is 0 Å². The first kappa shape index (κ1) is 14.8. The lowest BCUT2D eigenvalue weighted by molar-refractivity contribution is 0.335. The molecule has 0 aliphatic rings. The molecule has 0 aromatic heterocycles. The van der Waals surface area contributed by atoms with Gasteiger partial charge < -0.3 is 4.74 Å². The van der Waals surface area contributed by atoms with Crippen molar-refractivity contribution in [2.24, 2.45) is 0 Å². The van der Waals surface area contributed by atoms with Crippen LogP contribution in [-0.2, 0) is 0 Å². The van der Waals surface area contributed by atoms with E-state index in [4.69, 9.17) is 16.3 Å². The van der Waals surface area contributed by atoms with E-state index in [0.29, 0.717) is 0 Å². The minimum atomic E-state index is -0.0694. The maximum atomic E-state index is 6.44. The van der Waals surface area contributed by atoms with E-state index in [1.54, 1.807) is 7.11 Å². The Morgan fingerprint density at radius 2 is 2.00 bits per heavy atom. The van der Waals surface area contributed by atoms with Gasteiger partial charge in [-0.2, -0.15) is 0 Å². The number of halogens is 1. The highest BCUT2D eigenvalue weighted by molar-refractivity contribution is 6.21. The Kier molecular flexibility index (Phi) is 6.55. The summed E-state index contributed by atoms with van der Waals surface area (Å²) in [5.41, 5.74) is 1.06. The second-order valence-corrected chi connectivity index (χ2v) is 4.57. The molecule has 0 radical (unpaired) electrons. The molecule has 1 atom stereocenters. The minimum absolute atomic E-state index is 0.0694. The standard InChI is InChI=1S/C15H20ClNO/c1-4-9-17(10-5-2)12-15(16)13-7-6-8-14(11-13)18-3/h4-8,11,15H,1-2,9-10,12H2,3H3. The van der Waals surface area contributed by atoms with Crippen LogP contribution in [0.4, 0.5) is 0 Å². The summed E-state index contributed by atoms with van der Waals surface area (Å²) in [6.07, 6.45) is 3.75. The number of nitrogens with zero attached hydrogens (tertiary/aromatic N) is 1. The molecule has 0 saturated carbocycles. The van der Waals surface area contributed by atoms with Crippen LogP contribution in [0.15, 0.2) is 49.6 Å². The van der Waals surface area contributed by atoms with E-state index < -0.39 is 0 Å². The fraction of sp³-hybridized carbons (Fsp3) is 0.333. The number of methoxy groups -OCH3 is 1. The summed E-state index contributed by atoms with van der Waals surface area (Å²) in [5, 5.41) is -0.0694. The summed E-state index contributed by atoms with van der Waals surface area (Å²) in [6.45, 7) is 9.87. The molecule has 0 aliphatic heterocycles. The molecule has 3 heteroatoms. The first-order chi connectivity index (χ1) is 8.71. The van der Waals surface area contributed by atoms with Crippen molar-refractivity contribution in [2.45, 2.75) is 5.38 Å². The number of hydrogen-bond acceptors (Lipinski definition) is 2. The molecule has 0 aliphatic carbocycles. The third-order valence-electron chi connectivity index (χ3n) is 2.65.